The van der Waals surface area contributed by atoms with E-state index in [0.717, 1.165) is 32.5 Å². The molecule has 0 aliphatic rings. The van der Waals surface area contributed by atoms with Gasteiger partial charge in [-0.3, -0.25) is 9.10 Å². The summed E-state index contributed by atoms with van der Waals surface area (Å²) in [6, 6.07) is 22.4. The monoisotopic (exact) mass is 582 g/mol. The minimum atomic E-state index is -4.01. The molecule has 1 N–H and O–H groups in total. The van der Waals surface area contributed by atoms with Gasteiger partial charge in [0.15, 0.2) is 0 Å². The molecule has 0 spiro atoms. The van der Waals surface area contributed by atoms with E-state index < -0.39 is 22.5 Å². The fourth-order valence-corrected chi connectivity index (χ4v) is 6.34. The van der Waals surface area contributed by atoms with Crippen molar-refractivity contribution in [1.29, 1.82) is 0 Å². The van der Waals surface area contributed by atoms with Gasteiger partial charge in [0.05, 0.1) is 27.5 Å². The van der Waals surface area contributed by atoms with Crippen molar-refractivity contribution < 1.29 is 13.2 Å². The van der Waals surface area contributed by atoms with Crippen LogP contribution < -0.4 is 9.73 Å². The van der Waals surface area contributed by atoms with Crippen LogP contribution in [-0.2, 0) is 21.2 Å². The van der Waals surface area contributed by atoms with E-state index in [1.54, 1.807) is 42.5 Å². The molecule has 0 atom stereocenters. The average molecular weight is 584 g/mol. The molecule has 0 bridgehead atoms. The van der Waals surface area contributed by atoms with E-state index in [2.05, 4.69) is 10.5 Å². The SMILES string of the molecule is CCc1ccccc1N(CC(=O)N/N=C\c1cc(C)n(-c2ccc(Cl)cc2Cl)c1C)S(=O)(=O)c1ccccc1. The van der Waals surface area contributed by atoms with Gasteiger partial charge in [0.1, 0.15) is 6.54 Å². The van der Waals surface area contributed by atoms with Crippen LogP contribution in [0.3, 0.4) is 0 Å². The number of benzene rings is 3. The van der Waals surface area contributed by atoms with Crippen LogP contribution >= 0.6 is 23.2 Å². The van der Waals surface area contributed by atoms with Crippen molar-refractivity contribution in [3.05, 3.63) is 111 Å². The van der Waals surface area contributed by atoms with Gasteiger partial charge >= 0.3 is 0 Å². The summed E-state index contributed by atoms with van der Waals surface area (Å²) in [6.45, 7) is 5.34. The van der Waals surface area contributed by atoms with Gasteiger partial charge in [0, 0.05) is 22.0 Å². The smallest absolute Gasteiger partial charge is 0.264 e. The van der Waals surface area contributed by atoms with Crippen LogP contribution in [0.15, 0.2) is 88.9 Å². The highest BCUT2D eigenvalue weighted by molar-refractivity contribution is 7.92. The van der Waals surface area contributed by atoms with Gasteiger partial charge in [-0.05, 0) is 68.3 Å². The molecule has 1 amide bonds. The number of sulfonamides is 1. The Balaban J connectivity index is 1.58. The predicted molar refractivity (Wildman–Crippen MR) is 158 cm³/mol. The number of hydrogen-bond acceptors (Lipinski definition) is 4. The van der Waals surface area contributed by atoms with Gasteiger partial charge < -0.3 is 4.57 Å². The number of rotatable bonds is 9. The van der Waals surface area contributed by atoms with Crippen molar-refractivity contribution in [3.63, 3.8) is 0 Å². The van der Waals surface area contributed by atoms with Gasteiger partial charge in [-0.15, -0.1) is 0 Å². The van der Waals surface area contributed by atoms with Crippen molar-refractivity contribution in [2.75, 3.05) is 10.8 Å². The normalized spacial score (nSPS) is 11.6. The zero-order chi connectivity index (χ0) is 28.2. The number of anilines is 1. The molecule has 0 unspecified atom stereocenters. The number of para-hydroxylation sites is 1. The Morgan fingerprint density at radius 3 is 2.38 bits per heavy atom. The Hall–Kier alpha value is -3.59. The molecule has 7 nitrogen and oxygen atoms in total. The van der Waals surface area contributed by atoms with Crippen LogP contribution in [0.25, 0.3) is 5.69 Å². The third-order valence-corrected chi connectivity index (χ3v) is 8.59. The van der Waals surface area contributed by atoms with Crippen molar-refractivity contribution in [1.82, 2.24) is 9.99 Å². The first-order valence-electron chi connectivity index (χ1n) is 12.3. The van der Waals surface area contributed by atoms with E-state index in [4.69, 9.17) is 23.2 Å². The number of hydrazone groups is 1. The zero-order valence-corrected chi connectivity index (χ0v) is 24.1. The fraction of sp³-hybridized carbons (Fsp3) is 0.172. The first-order chi connectivity index (χ1) is 18.6. The second kappa shape index (κ2) is 12.1. The summed E-state index contributed by atoms with van der Waals surface area (Å²) in [5.41, 5.74) is 7.06. The highest BCUT2D eigenvalue weighted by atomic mass is 35.5. The summed E-state index contributed by atoms with van der Waals surface area (Å²) in [7, 11) is -4.01. The summed E-state index contributed by atoms with van der Waals surface area (Å²) in [4.78, 5) is 13.1. The summed E-state index contributed by atoms with van der Waals surface area (Å²) < 4.78 is 30.3. The molecule has 10 heteroatoms. The molecule has 1 aromatic heterocycles. The van der Waals surface area contributed by atoms with E-state index in [9.17, 15) is 13.2 Å². The van der Waals surface area contributed by atoms with Crippen LogP contribution in [0.2, 0.25) is 10.0 Å². The Morgan fingerprint density at radius 1 is 1.00 bits per heavy atom. The first kappa shape index (κ1) is 28.4. The van der Waals surface area contributed by atoms with E-state index >= 15 is 0 Å². The predicted octanol–water partition coefficient (Wildman–Crippen LogP) is 6.31. The topological polar surface area (TPSA) is 83.8 Å². The largest absolute Gasteiger partial charge is 0.316 e. The summed E-state index contributed by atoms with van der Waals surface area (Å²) in [5, 5.41) is 5.17. The molecule has 0 fully saturated rings. The summed E-state index contributed by atoms with van der Waals surface area (Å²) >= 11 is 12.5. The maximum Gasteiger partial charge on any atom is 0.264 e. The molecule has 4 aromatic rings. The van der Waals surface area contributed by atoms with Crippen LogP contribution in [0, 0.1) is 13.8 Å². The quantitative estimate of drug-likeness (QED) is 0.185. The molecule has 0 saturated heterocycles. The number of carbonyl (C=O) groups excluding carboxylic acids is 1. The number of halogens is 2. The van der Waals surface area contributed by atoms with Crippen LogP contribution in [-0.4, -0.2) is 31.7 Å². The maximum atomic E-state index is 13.6. The highest BCUT2D eigenvalue weighted by Gasteiger charge is 2.28. The molecule has 1 heterocycles. The maximum absolute atomic E-state index is 13.6. The second-order valence-electron chi connectivity index (χ2n) is 8.86. The van der Waals surface area contributed by atoms with Gasteiger partial charge in [-0.25, -0.2) is 13.8 Å². The van der Waals surface area contributed by atoms with Crippen LogP contribution in [0.1, 0.15) is 29.4 Å². The number of nitrogens with one attached hydrogen (secondary N) is 1. The molecule has 0 radical (unpaired) electrons. The molecule has 0 aliphatic carbocycles. The molecule has 39 heavy (non-hydrogen) atoms. The number of nitrogens with zero attached hydrogens (tertiary/aromatic N) is 3. The Kier molecular flexibility index (Phi) is 8.80. The summed E-state index contributed by atoms with van der Waals surface area (Å²) in [5.74, 6) is -0.578. The Bertz CT molecular complexity index is 1630. The molecular formula is C29H28Cl2N4O3S. The number of aryl methyl sites for hydroxylation is 2. The lowest BCUT2D eigenvalue weighted by Crippen LogP contribution is -2.40. The molecule has 202 valence electrons. The van der Waals surface area contributed by atoms with Gasteiger partial charge in [0.25, 0.3) is 15.9 Å². The lowest BCUT2D eigenvalue weighted by molar-refractivity contribution is -0.119. The molecular weight excluding hydrogens is 555 g/mol. The third kappa shape index (κ3) is 6.19. The fourth-order valence-electron chi connectivity index (χ4n) is 4.36. The van der Waals surface area contributed by atoms with Crippen LogP contribution in [0.5, 0.6) is 0 Å². The minimum Gasteiger partial charge on any atom is -0.316 e. The highest BCUT2D eigenvalue weighted by Crippen LogP contribution is 2.29. The third-order valence-electron chi connectivity index (χ3n) is 6.27. The molecule has 3 aromatic carbocycles. The van der Waals surface area contributed by atoms with Crippen molar-refractivity contribution in [2.45, 2.75) is 32.1 Å². The van der Waals surface area contributed by atoms with Crippen molar-refractivity contribution in [2.24, 2.45) is 5.10 Å². The average Bonchev–Trinajstić information content (AvgIpc) is 3.20. The lowest BCUT2D eigenvalue weighted by atomic mass is 10.1. The number of hydrogen-bond donors (Lipinski definition) is 1. The van der Waals surface area contributed by atoms with Crippen molar-refractivity contribution in [3.8, 4) is 5.69 Å². The Morgan fingerprint density at radius 2 is 1.69 bits per heavy atom. The summed E-state index contributed by atoms with van der Waals surface area (Å²) in [6.07, 6.45) is 2.13. The van der Waals surface area contributed by atoms with E-state index in [-0.39, 0.29) is 4.90 Å². The molecule has 0 saturated carbocycles. The van der Waals surface area contributed by atoms with Crippen LogP contribution in [0.4, 0.5) is 5.69 Å². The first-order valence-corrected chi connectivity index (χ1v) is 14.4. The second-order valence-corrected chi connectivity index (χ2v) is 11.6. The molecule has 0 aliphatic heterocycles. The van der Waals surface area contributed by atoms with Gasteiger partial charge in [-0.1, -0.05) is 66.5 Å². The minimum absolute atomic E-state index is 0.0977. The number of aromatic nitrogens is 1. The zero-order valence-electron chi connectivity index (χ0n) is 21.7. The van der Waals surface area contributed by atoms with Crippen molar-refractivity contribution >= 4 is 51.0 Å². The van der Waals surface area contributed by atoms with Gasteiger partial charge in [-0.2, -0.15) is 5.10 Å². The molecule has 4 rings (SSSR count). The van der Waals surface area contributed by atoms with E-state index in [0.29, 0.717) is 22.2 Å². The number of amides is 1. The lowest BCUT2D eigenvalue weighted by Gasteiger charge is -2.25. The van der Waals surface area contributed by atoms with E-state index in [1.165, 1.54) is 18.3 Å². The Labute approximate surface area is 238 Å². The number of carbonyl (C=O) groups is 1. The standard InChI is InChI=1S/C29H28Cl2N4O3S/c1-4-22-10-8-9-13-27(22)34(39(37,38)25-11-6-5-7-12-25)19-29(36)33-32-18-23-16-20(2)35(21(23)3)28-15-14-24(30)17-26(28)31/h5-18H,4,19H2,1-3H3,(H,33,36)/b32-18-. The van der Waals surface area contributed by atoms with E-state index in [1.807, 2.05) is 49.6 Å². The van der Waals surface area contributed by atoms with Gasteiger partial charge in [0.2, 0.25) is 0 Å².